The lowest BCUT2D eigenvalue weighted by Crippen LogP contribution is -2.44. The first-order valence-electron chi connectivity index (χ1n) is 17.5. The molecular weight excluding hydrogens is 574 g/mol. The van der Waals surface area contributed by atoms with Gasteiger partial charge in [-0.15, -0.1) is 0 Å². The normalized spacial score (nSPS) is 25.4. The zero-order valence-electron chi connectivity index (χ0n) is 27.8. The second kappa shape index (κ2) is 10.8. The Morgan fingerprint density at radius 2 is 1.51 bits per heavy atom. The lowest BCUT2D eigenvalue weighted by molar-refractivity contribution is 0.0986. The molecule has 47 heavy (non-hydrogen) atoms. The van der Waals surface area contributed by atoms with Crippen LogP contribution in [0.5, 0.6) is 11.5 Å². The number of benzene rings is 5. The van der Waals surface area contributed by atoms with Crippen molar-refractivity contribution in [2.45, 2.75) is 56.0 Å². The van der Waals surface area contributed by atoms with Crippen molar-refractivity contribution < 1.29 is 9.47 Å². The molecule has 3 aliphatic carbocycles. The molecule has 0 amide bonds. The van der Waals surface area contributed by atoms with E-state index in [0.29, 0.717) is 5.92 Å². The molecule has 2 fully saturated rings. The van der Waals surface area contributed by atoms with Crippen LogP contribution in [-0.4, -0.2) is 21.2 Å². The van der Waals surface area contributed by atoms with Gasteiger partial charge < -0.3 is 14.4 Å². The maximum Gasteiger partial charge on any atom is 0.178 e. The summed E-state index contributed by atoms with van der Waals surface area (Å²) >= 11 is 0. The molecule has 4 unspecified atom stereocenters. The molecule has 1 heterocycles. The van der Waals surface area contributed by atoms with Crippen molar-refractivity contribution in [1.29, 1.82) is 0 Å². The standard InChI is InChI=1S/C44H43NO2/c1-45(2)32-21-19-31(20-22-32)44(30-14-5-4-6-15-30)27-25-36-41-40(34-24-23-33(46-3)28-37(34)42(36)47-44)35-16-8-10-18-39(35)43(41)26-11-13-29-12-7-9-17-38(29)43/h4-6,8,10,14-16,18-25,27-29,38H,7,9,11-13,17,26H2,1-3H3. The Morgan fingerprint density at radius 1 is 0.766 bits per heavy atom. The first-order valence-corrected chi connectivity index (χ1v) is 17.5. The number of anilines is 1. The Balaban J connectivity index is 1.36. The van der Waals surface area contributed by atoms with E-state index in [4.69, 9.17) is 9.47 Å². The number of rotatable bonds is 4. The van der Waals surface area contributed by atoms with E-state index in [1.165, 1.54) is 78.3 Å². The maximum absolute atomic E-state index is 7.64. The summed E-state index contributed by atoms with van der Waals surface area (Å²) in [5, 5.41) is 2.39. The van der Waals surface area contributed by atoms with Gasteiger partial charge in [-0.1, -0.05) is 105 Å². The van der Waals surface area contributed by atoms with Gasteiger partial charge in [0.2, 0.25) is 0 Å². The summed E-state index contributed by atoms with van der Waals surface area (Å²) in [6.45, 7) is 0. The third kappa shape index (κ3) is 4.05. The smallest absolute Gasteiger partial charge is 0.178 e. The van der Waals surface area contributed by atoms with Gasteiger partial charge >= 0.3 is 0 Å². The van der Waals surface area contributed by atoms with E-state index in [9.17, 15) is 0 Å². The Kier molecular flexibility index (Phi) is 6.58. The Bertz CT molecular complexity index is 2020. The fourth-order valence-corrected chi connectivity index (χ4v) is 10.1. The highest BCUT2D eigenvalue weighted by atomic mass is 16.5. The van der Waals surface area contributed by atoms with E-state index < -0.39 is 5.60 Å². The zero-order chi connectivity index (χ0) is 31.8. The van der Waals surface area contributed by atoms with Gasteiger partial charge in [-0.25, -0.2) is 0 Å². The number of nitrogens with zero attached hydrogens (tertiary/aromatic N) is 1. The first kappa shape index (κ1) is 28.7. The van der Waals surface area contributed by atoms with Crippen LogP contribution in [-0.2, 0) is 11.0 Å². The van der Waals surface area contributed by atoms with Gasteiger partial charge in [0.25, 0.3) is 0 Å². The molecule has 2 saturated carbocycles. The number of ether oxygens (including phenoxy) is 2. The SMILES string of the molecule is COc1ccc2c3c(c4c(c2c1)OC(c1ccccc1)(c1ccc(N(C)C)cc1)C=C4)C1(CCCC2CCCCC21)c1ccccc1-3. The molecule has 3 nitrogen and oxygen atoms in total. The summed E-state index contributed by atoms with van der Waals surface area (Å²) in [5.41, 5.74) is 9.80. The highest BCUT2D eigenvalue weighted by Crippen LogP contribution is 2.66. The van der Waals surface area contributed by atoms with Crippen LogP contribution in [0.1, 0.15) is 72.8 Å². The van der Waals surface area contributed by atoms with Gasteiger partial charge in [0, 0.05) is 47.3 Å². The molecule has 0 aromatic heterocycles. The molecule has 0 bridgehead atoms. The fraction of sp³-hybridized carbons (Fsp3) is 0.318. The van der Waals surface area contributed by atoms with Gasteiger partial charge in [-0.3, -0.25) is 0 Å². The maximum atomic E-state index is 7.64. The Hall–Kier alpha value is -4.50. The Labute approximate surface area is 278 Å². The number of hydrogen-bond acceptors (Lipinski definition) is 3. The van der Waals surface area contributed by atoms with Crippen LogP contribution in [0.4, 0.5) is 5.69 Å². The second-order valence-corrected chi connectivity index (χ2v) is 14.4. The minimum atomic E-state index is -0.776. The average molecular weight is 618 g/mol. The van der Waals surface area contributed by atoms with Crippen LogP contribution in [0.3, 0.4) is 0 Å². The van der Waals surface area contributed by atoms with Crippen LogP contribution >= 0.6 is 0 Å². The van der Waals surface area contributed by atoms with E-state index in [-0.39, 0.29) is 5.41 Å². The number of hydrogen-bond donors (Lipinski definition) is 0. The zero-order valence-corrected chi connectivity index (χ0v) is 27.8. The lowest BCUT2D eigenvalue weighted by Gasteiger charge is -2.51. The molecule has 0 saturated heterocycles. The van der Waals surface area contributed by atoms with Gasteiger partial charge in [0.15, 0.2) is 5.60 Å². The summed E-state index contributed by atoms with van der Waals surface area (Å²) in [6, 6.07) is 35.6. The molecular formula is C44H43NO2. The Morgan fingerprint density at radius 3 is 2.32 bits per heavy atom. The van der Waals surface area contributed by atoms with Gasteiger partial charge in [-0.2, -0.15) is 0 Å². The van der Waals surface area contributed by atoms with Crippen molar-refractivity contribution in [2.24, 2.45) is 11.8 Å². The first-order chi connectivity index (χ1) is 23.0. The van der Waals surface area contributed by atoms with Crippen molar-refractivity contribution in [3.63, 3.8) is 0 Å². The van der Waals surface area contributed by atoms with Crippen LogP contribution in [0.15, 0.2) is 103 Å². The highest BCUT2D eigenvalue weighted by molar-refractivity contribution is 6.09. The van der Waals surface area contributed by atoms with E-state index in [2.05, 4.69) is 128 Å². The molecule has 4 atom stereocenters. The van der Waals surface area contributed by atoms with Crippen molar-refractivity contribution in [1.82, 2.24) is 0 Å². The third-order valence-electron chi connectivity index (χ3n) is 12.1. The lowest BCUT2D eigenvalue weighted by atomic mass is 9.53. The van der Waals surface area contributed by atoms with Gasteiger partial charge in [0.1, 0.15) is 11.5 Å². The molecule has 4 aliphatic rings. The second-order valence-electron chi connectivity index (χ2n) is 14.4. The van der Waals surface area contributed by atoms with E-state index in [0.717, 1.165) is 33.9 Å². The summed E-state index contributed by atoms with van der Waals surface area (Å²) in [4.78, 5) is 2.15. The summed E-state index contributed by atoms with van der Waals surface area (Å²) in [5.74, 6) is 3.26. The van der Waals surface area contributed by atoms with E-state index >= 15 is 0 Å². The molecule has 3 heteroatoms. The summed E-state index contributed by atoms with van der Waals surface area (Å²) in [6.07, 6.45) is 14.0. The minimum absolute atomic E-state index is 0.00126. The van der Waals surface area contributed by atoms with Crippen LogP contribution in [0.2, 0.25) is 0 Å². The highest BCUT2D eigenvalue weighted by Gasteiger charge is 2.55. The summed E-state index contributed by atoms with van der Waals surface area (Å²) < 4.78 is 13.5. The minimum Gasteiger partial charge on any atom is -0.497 e. The molecule has 5 aromatic carbocycles. The fourth-order valence-electron chi connectivity index (χ4n) is 10.1. The van der Waals surface area contributed by atoms with Crippen LogP contribution in [0.25, 0.3) is 28.0 Å². The van der Waals surface area contributed by atoms with Gasteiger partial charge in [0.05, 0.1) is 7.11 Å². The molecule has 1 aliphatic heterocycles. The molecule has 0 N–H and O–H groups in total. The number of methoxy groups -OCH3 is 1. The van der Waals surface area contributed by atoms with Crippen molar-refractivity contribution in [2.75, 3.05) is 26.1 Å². The van der Waals surface area contributed by atoms with Gasteiger partial charge in [-0.05, 0) is 88.7 Å². The summed E-state index contributed by atoms with van der Waals surface area (Å²) in [7, 11) is 5.94. The molecule has 9 rings (SSSR count). The van der Waals surface area contributed by atoms with E-state index in [1.807, 2.05) is 0 Å². The molecule has 5 aromatic rings. The average Bonchev–Trinajstić information content (AvgIpc) is 3.42. The number of fused-ring (bicyclic) bond motifs is 12. The molecule has 0 radical (unpaired) electrons. The predicted molar refractivity (Wildman–Crippen MR) is 194 cm³/mol. The van der Waals surface area contributed by atoms with Crippen LogP contribution < -0.4 is 14.4 Å². The monoisotopic (exact) mass is 617 g/mol. The van der Waals surface area contributed by atoms with E-state index in [1.54, 1.807) is 12.7 Å². The predicted octanol–water partition coefficient (Wildman–Crippen LogP) is 10.5. The van der Waals surface area contributed by atoms with Crippen molar-refractivity contribution in [3.05, 3.63) is 131 Å². The molecule has 1 spiro atoms. The van der Waals surface area contributed by atoms with Crippen molar-refractivity contribution >= 4 is 22.5 Å². The topological polar surface area (TPSA) is 21.7 Å². The largest absolute Gasteiger partial charge is 0.497 e. The van der Waals surface area contributed by atoms with Crippen LogP contribution in [0, 0.1) is 11.8 Å². The quantitative estimate of drug-likeness (QED) is 0.200. The van der Waals surface area contributed by atoms with Crippen molar-refractivity contribution in [3.8, 4) is 22.6 Å². The third-order valence-corrected chi connectivity index (χ3v) is 12.1. The molecule has 236 valence electrons.